The van der Waals surface area contributed by atoms with Crippen LogP contribution in [0.3, 0.4) is 0 Å². The van der Waals surface area contributed by atoms with Crippen molar-refractivity contribution in [2.45, 2.75) is 12.3 Å². The lowest BCUT2D eigenvalue weighted by molar-refractivity contribution is 0.714. The molecule has 2 heteroatoms. The van der Waals surface area contributed by atoms with E-state index in [1.165, 1.54) is 55.5 Å². The Kier molecular flexibility index (Phi) is 7.63. The topological polar surface area (TPSA) is 25.8 Å². The van der Waals surface area contributed by atoms with E-state index in [1.807, 2.05) is 24.3 Å². The van der Waals surface area contributed by atoms with E-state index in [2.05, 4.69) is 183 Å². The Balaban J connectivity index is 1.16. The van der Waals surface area contributed by atoms with Crippen molar-refractivity contribution < 1.29 is 0 Å². The fourth-order valence-electron chi connectivity index (χ4n) is 8.52. The molecule has 0 bridgehead atoms. The predicted octanol–water partition coefficient (Wildman–Crippen LogP) is 13.3. The highest BCUT2D eigenvalue weighted by Gasteiger charge is 2.42. The Morgan fingerprint density at radius 1 is 0.352 bits per heavy atom. The smallest absolute Gasteiger partial charge is 0.160 e. The normalized spacial score (nSPS) is 14.5. The third kappa shape index (κ3) is 5.18. The van der Waals surface area contributed by atoms with Crippen LogP contribution < -0.4 is 0 Å². The van der Waals surface area contributed by atoms with Gasteiger partial charge in [0.1, 0.15) is 0 Å². The molecule has 0 fully saturated rings. The molecule has 0 spiro atoms. The van der Waals surface area contributed by atoms with Crippen molar-refractivity contribution in [3.05, 3.63) is 217 Å². The first-order valence-electron chi connectivity index (χ1n) is 18.6. The molecule has 1 unspecified atom stereocenters. The third-order valence-electron chi connectivity index (χ3n) is 11.2. The largest absolute Gasteiger partial charge is 0.228 e. The van der Waals surface area contributed by atoms with Gasteiger partial charge in [-0.25, -0.2) is 9.97 Å². The number of fused-ring (bicyclic) bond motifs is 4. The molecule has 10 rings (SSSR count). The van der Waals surface area contributed by atoms with Gasteiger partial charge in [0, 0.05) is 22.1 Å². The van der Waals surface area contributed by atoms with Crippen LogP contribution in [0.1, 0.15) is 23.6 Å². The molecular weight excluding hydrogens is 653 g/mol. The molecule has 1 aromatic heterocycles. The molecule has 1 aliphatic carbocycles. The van der Waals surface area contributed by atoms with Crippen LogP contribution in [-0.2, 0) is 5.41 Å². The van der Waals surface area contributed by atoms with Crippen LogP contribution in [0.4, 0.5) is 0 Å². The van der Waals surface area contributed by atoms with Gasteiger partial charge < -0.3 is 0 Å². The molecule has 2 nitrogen and oxygen atoms in total. The average molecular weight is 689 g/mol. The van der Waals surface area contributed by atoms with Crippen molar-refractivity contribution in [1.29, 1.82) is 0 Å². The number of rotatable bonds is 6. The number of aromatic nitrogens is 2. The third-order valence-corrected chi connectivity index (χ3v) is 11.2. The van der Waals surface area contributed by atoms with Crippen LogP contribution in [0.15, 0.2) is 200 Å². The van der Waals surface area contributed by atoms with Gasteiger partial charge in [-0.2, -0.15) is 0 Å². The lowest BCUT2D eigenvalue weighted by atomic mass is 9.73. The Morgan fingerprint density at radius 3 is 1.61 bits per heavy atom. The van der Waals surface area contributed by atoms with E-state index in [1.54, 1.807) is 0 Å². The molecule has 1 atom stereocenters. The van der Waals surface area contributed by atoms with E-state index in [-0.39, 0.29) is 5.41 Å². The minimum absolute atomic E-state index is 0.328. The van der Waals surface area contributed by atoms with Crippen molar-refractivity contribution in [2.75, 3.05) is 0 Å². The summed E-state index contributed by atoms with van der Waals surface area (Å²) in [7, 11) is 0. The molecule has 254 valence electrons. The molecule has 0 saturated heterocycles. The molecule has 0 aliphatic heterocycles. The maximum Gasteiger partial charge on any atom is 0.160 e. The molecule has 54 heavy (non-hydrogen) atoms. The van der Waals surface area contributed by atoms with Crippen LogP contribution in [-0.4, -0.2) is 9.97 Å². The summed E-state index contributed by atoms with van der Waals surface area (Å²) in [6.45, 7) is 2.40. The fourth-order valence-corrected chi connectivity index (χ4v) is 8.52. The first-order chi connectivity index (χ1) is 26.7. The number of nitrogens with zero attached hydrogens (tertiary/aromatic N) is 2. The van der Waals surface area contributed by atoms with Crippen molar-refractivity contribution in [3.63, 3.8) is 0 Å². The molecule has 8 aromatic carbocycles. The summed E-state index contributed by atoms with van der Waals surface area (Å²) in [5.41, 5.74) is 16.1. The standard InChI is InChI=1S/C52H36N2/c1-52(39-23-12-5-13-24-39)46-28-16-27-41(35-17-6-2-7-18-35)50(46)45-30-29-38(33-47(45)52)40-31-32-44(43-26-15-14-25-42(40)43)49-34-48(36-19-8-3-9-20-36)53-51(54-49)37-21-10-4-11-22-37/h2-34H,1H3. The zero-order valence-electron chi connectivity index (χ0n) is 29.9. The molecule has 0 amide bonds. The van der Waals surface area contributed by atoms with Crippen LogP contribution in [0, 0.1) is 0 Å². The molecule has 0 saturated carbocycles. The maximum atomic E-state index is 5.20. The van der Waals surface area contributed by atoms with Gasteiger partial charge in [-0.05, 0) is 79.9 Å². The Hall–Kier alpha value is -6.90. The fraction of sp³-hybridized carbons (Fsp3) is 0.0385. The second-order valence-corrected chi connectivity index (χ2v) is 14.2. The number of hydrogen-bond donors (Lipinski definition) is 0. The van der Waals surface area contributed by atoms with Gasteiger partial charge in [0.05, 0.1) is 11.4 Å². The highest BCUT2D eigenvalue weighted by atomic mass is 14.9. The van der Waals surface area contributed by atoms with Crippen molar-refractivity contribution in [3.8, 4) is 67.3 Å². The summed E-state index contributed by atoms with van der Waals surface area (Å²) < 4.78 is 0. The zero-order chi connectivity index (χ0) is 36.1. The number of hydrogen-bond acceptors (Lipinski definition) is 2. The summed E-state index contributed by atoms with van der Waals surface area (Å²) in [4.78, 5) is 10.2. The second kappa shape index (κ2) is 12.9. The lowest BCUT2D eigenvalue weighted by Crippen LogP contribution is -2.22. The van der Waals surface area contributed by atoms with Crippen LogP contribution in [0.2, 0.25) is 0 Å². The Morgan fingerprint density at radius 2 is 0.907 bits per heavy atom. The van der Waals surface area contributed by atoms with E-state index in [0.29, 0.717) is 5.82 Å². The molecule has 0 N–H and O–H groups in total. The zero-order valence-corrected chi connectivity index (χ0v) is 29.9. The van der Waals surface area contributed by atoms with Crippen molar-refractivity contribution >= 4 is 10.8 Å². The van der Waals surface area contributed by atoms with E-state index < -0.39 is 0 Å². The van der Waals surface area contributed by atoms with Crippen LogP contribution in [0.25, 0.3) is 78.1 Å². The van der Waals surface area contributed by atoms with Crippen LogP contribution >= 0.6 is 0 Å². The Labute approximate surface area is 316 Å². The first kappa shape index (κ1) is 31.8. The minimum Gasteiger partial charge on any atom is -0.228 e. The highest BCUT2D eigenvalue weighted by Crippen LogP contribution is 2.56. The maximum absolute atomic E-state index is 5.20. The monoisotopic (exact) mass is 688 g/mol. The van der Waals surface area contributed by atoms with E-state index in [9.17, 15) is 0 Å². The van der Waals surface area contributed by atoms with E-state index in [4.69, 9.17) is 9.97 Å². The Bertz CT molecular complexity index is 2750. The molecule has 0 radical (unpaired) electrons. The second-order valence-electron chi connectivity index (χ2n) is 14.2. The van der Waals surface area contributed by atoms with Gasteiger partial charge in [-0.3, -0.25) is 0 Å². The quantitative estimate of drug-likeness (QED) is 0.174. The molecule has 1 heterocycles. The predicted molar refractivity (Wildman–Crippen MR) is 224 cm³/mol. The van der Waals surface area contributed by atoms with Gasteiger partial charge in [-0.1, -0.05) is 188 Å². The number of benzene rings is 8. The van der Waals surface area contributed by atoms with Crippen molar-refractivity contribution in [1.82, 2.24) is 9.97 Å². The molecule has 1 aliphatic rings. The summed E-state index contributed by atoms with van der Waals surface area (Å²) >= 11 is 0. The van der Waals surface area contributed by atoms with E-state index >= 15 is 0 Å². The van der Waals surface area contributed by atoms with Crippen molar-refractivity contribution in [2.24, 2.45) is 0 Å². The van der Waals surface area contributed by atoms with Gasteiger partial charge >= 0.3 is 0 Å². The van der Waals surface area contributed by atoms with Gasteiger partial charge in [0.15, 0.2) is 5.82 Å². The molecular formula is C52H36N2. The van der Waals surface area contributed by atoms with E-state index in [0.717, 1.165) is 33.5 Å². The summed E-state index contributed by atoms with van der Waals surface area (Å²) in [6.07, 6.45) is 0. The lowest BCUT2D eigenvalue weighted by Gasteiger charge is -2.29. The van der Waals surface area contributed by atoms with Gasteiger partial charge in [0.2, 0.25) is 0 Å². The SMILES string of the molecule is CC1(c2ccccc2)c2cc(-c3ccc(-c4cc(-c5ccccc5)nc(-c5ccccc5)n4)c4ccccc34)ccc2-c2c(-c3ccccc3)cccc21. The summed E-state index contributed by atoms with van der Waals surface area (Å²) in [5, 5.41) is 2.35. The highest BCUT2D eigenvalue weighted by molar-refractivity contribution is 6.05. The minimum atomic E-state index is -0.328. The van der Waals surface area contributed by atoms with Crippen LogP contribution in [0.5, 0.6) is 0 Å². The summed E-state index contributed by atoms with van der Waals surface area (Å²) in [5.74, 6) is 0.716. The molecule has 9 aromatic rings. The summed E-state index contributed by atoms with van der Waals surface area (Å²) in [6, 6.07) is 71.8. The average Bonchev–Trinajstić information content (AvgIpc) is 3.52. The van der Waals surface area contributed by atoms with Gasteiger partial charge in [0.25, 0.3) is 0 Å². The van der Waals surface area contributed by atoms with Gasteiger partial charge in [-0.15, -0.1) is 0 Å². The first-order valence-corrected chi connectivity index (χ1v) is 18.6.